The number of rotatable bonds is 3. The zero-order chi connectivity index (χ0) is 13.9. The fourth-order valence-corrected chi connectivity index (χ4v) is 1.87. The number of nitrogen functional groups attached to an aromatic ring is 1. The van der Waals surface area contributed by atoms with Gasteiger partial charge in [-0.15, -0.1) is 0 Å². The van der Waals surface area contributed by atoms with Crippen LogP contribution in [0.3, 0.4) is 0 Å². The summed E-state index contributed by atoms with van der Waals surface area (Å²) < 4.78 is 5.20. The van der Waals surface area contributed by atoms with Crippen molar-refractivity contribution in [2.75, 3.05) is 26.4 Å². The largest absolute Gasteiger partial charge is 0.496 e. The van der Waals surface area contributed by atoms with Gasteiger partial charge in [0.1, 0.15) is 5.75 Å². The van der Waals surface area contributed by atoms with E-state index in [1.54, 1.807) is 30.1 Å². The normalized spacial score (nSPS) is 11.2. The van der Waals surface area contributed by atoms with Crippen LogP contribution in [0.2, 0.25) is 0 Å². The Hall–Kier alpha value is -1.71. The van der Waals surface area contributed by atoms with Crippen molar-refractivity contribution in [1.29, 1.82) is 0 Å². The molecule has 0 fully saturated rings. The summed E-state index contributed by atoms with van der Waals surface area (Å²) in [5, 5.41) is 0. The summed E-state index contributed by atoms with van der Waals surface area (Å²) in [6.07, 6.45) is 0. The van der Waals surface area contributed by atoms with Crippen molar-refractivity contribution in [2.45, 2.75) is 20.8 Å². The maximum Gasteiger partial charge on any atom is 0.257 e. The van der Waals surface area contributed by atoms with Crippen LogP contribution in [0.1, 0.15) is 31.1 Å². The highest BCUT2D eigenvalue weighted by atomic mass is 16.5. The summed E-state index contributed by atoms with van der Waals surface area (Å²) in [7, 11) is 3.33. The van der Waals surface area contributed by atoms with Crippen molar-refractivity contribution in [3.63, 3.8) is 0 Å². The molecule has 0 unspecified atom stereocenters. The van der Waals surface area contributed by atoms with Crippen LogP contribution in [0.5, 0.6) is 5.75 Å². The monoisotopic (exact) mass is 250 g/mol. The van der Waals surface area contributed by atoms with Crippen LogP contribution in [0.25, 0.3) is 0 Å². The van der Waals surface area contributed by atoms with Crippen LogP contribution < -0.4 is 10.5 Å². The van der Waals surface area contributed by atoms with Crippen molar-refractivity contribution in [1.82, 2.24) is 4.90 Å². The minimum atomic E-state index is -0.0539. The van der Waals surface area contributed by atoms with E-state index in [1.165, 1.54) is 7.11 Å². The lowest BCUT2D eigenvalue weighted by atomic mass is 9.96. The lowest BCUT2D eigenvalue weighted by Crippen LogP contribution is -2.34. The first-order valence-corrected chi connectivity index (χ1v) is 5.93. The molecule has 1 rings (SSSR count). The van der Waals surface area contributed by atoms with E-state index >= 15 is 0 Å². The van der Waals surface area contributed by atoms with E-state index in [-0.39, 0.29) is 11.3 Å². The van der Waals surface area contributed by atoms with Gasteiger partial charge in [-0.1, -0.05) is 20.8 Å². The molecule has 4 heteroatoms. The Balaban J connectivity index is 2.96. The van der Waals surface area contributed by atoms with E-state index in [0.29, 0.717) is 23.5 Å². The topological polar surface area (TPSA) is 55.6 Å². The van der Waals surface area contributed by atoms with E-state index in [2.05, 4.69) is 20.8 Å². The standard InChI is InChI=1S/C14H22N2O2/c1-14(2,3)9-16(4)13(17)11-7-6-10(15)8-12(11)18-5/h6-8H,9,15H2,1-5H3. The van der Waals surface area contributed by atoms with Crippen molar-refractivity contribution >= 4 is 11.6 Å². The van der Waals surface area contributed by atoms with Crippen LogP contribution in [0.15, 0.2) is 18.2 Å². The molecule has 0 saturated carbocycles. The molecule has 0 heterocycles. The Morgan fingerprint density at radius 2 is 2.00 bits per heavy atom. The van der Waals surface area contributed by atoms with Gasteiger partial charge in [-0.3, -0.25) is 4.79 Å². The number of hydrogen-bond donors (Lipinski definition) is 1. The summed E-state index contributed by atoms with van der Waals surface area (Å²) >= 11 is 0. The predicted molar refractivity (Wildman–Crippen MR) is 73.8 cm³/mol. The number of hydrogen-bond acceptors (Lipinski definition) is 3. The molecule has 1 aromatic carbocycles. The van der Waals surface area contributed by atoms with Crippen LogP contribution >= 0.6 is 0 Å². The van der Waals surface area contributed by atoms with Gasteiger partial charge in [0.2, 0.25) is 0 Å². The summed E-state index contributed by atoms with van der Waals surface area (Å²) in [6.45, 7) is 6.96. The molecule has 2 N–H and O–H groups in total. The second kappa shape index (κ2) is 5.29. The third-order valence-electron chi connectivity index (χ3n) is 2.51. The molecule has 0 atom stereocenters. The second-order valence-corrected chi connectivity index (χ2v) is 5.68. The smallest absolute Gasteiger partial charge is 0.257 e. The highest BCUT2D eigenvalue weighted by molar-refractivity contribution is 5.97. The third-order valence-corrected chi connectivity index (χ3v) is 2.51. The molecule has 0 aromatic heterocycles. The number of nitrogens with two attached hydrogens (primary N) is 1. The van der Waals surface area contributed by atoms with Crippen molar-refractivity contribution in [2.24, 2.45) is 5.41 Å². The molecule has 0 radical (unpaired) electrons. The maximum atomic E-state index is 12.3. The third kappa shape index (κ3) is 3.65. The Morgan fingerprint density at radius 3 is 2.50 bits per heavy atom. The van der Waals surface area contributed by atoms with Crippen molar-refractivity contribution < 1.29 is 9.53 Å². The molecule has 4 nitrogen and oxygen atoms in total. The molecule has 0 saturated heterocycles. The minimum Gasteiger partial charge on any atom is -0.496 e. The zero-order valence-corrected chi connectivity index (χ0v) is 11.8. The summed E-state index contributed by atoms with van der Waals surface area (Å²) in [4.78, 5) is 14.0. The fourth-order valence-electron chi connectivity index (χ4n) is 1.87. The number of methoxy groups -OCH3 is 1. The number of ether oxygens (including phenoxy) is 1. The van der Waals surface area contributed by atoms with Crippen LogP contribution in [-0.4, -0.2) is 31.5 Å². The second-order valence-electron chi connectivity index (χ2n) is 5.68. The number of amides is 1. The molecule has 1 amide bonds. The predicted octanol–water partition coefficient (Wildman–Crippen LogP) is 2.40. The average Bonchev–Trinajstić information content (AvgIpc) is 2.25. The highest BCUT2D eigenvalue weighted by Crippen LogP contribution is 2.24. The van der Waals surface area contributed by atoms with Gasteiger partial charge in [0, 0.05) is 25.3 Å². The molecular formula is C14H22N2O2. The molecule has 0 aliphatic carbocycles. The Bertz CT molecular complexity index is 436. The number of benzene rings is 1. The summed E-state index contributed by atoms with van der Waals surface area (Å²) in [6, 6.07) is 5.08. The van der Waals surface area contributed by atoms with E-state index in [1.807, 2.05) is 0 Å². The molecule has 18 heavy (non-hydrogen) atoms. The number of anilines is 1. The zero-order valence-electron chi connectivity index (χ0n) is 11.8. The molecule has 0 aliphatic heterocycles. The van der Waals surface area contributed by atoms with Gasteiger partial charge in [0.05, 0.1) is 12.7 Å². The van der Waals surface area contributed by atoms with Gasteiger partial charge in [-0.05, 0) is 17.5 Å². The molecule has 0 bridgehead atoms. The van der Waals surface area contributed by atoms with Crippen molar-refractivity contribution in [3.05, 3.63) is 23.8 Å². The average molecular weight is 250 g/mol. The van der Waals surface area contributed by atoms with E-state index < -0.39 is 0 Å². The first-order valence-electron chi connectivity index (χ1n) is 5.93. The quantitative estimate of drug-likeness (QED) is 0.838. The Kier molecular flexibility index (Phi) is 4.22. The number of carbonyl (C=O) groups excluding carboxylic acids is 1. The molecule has 0 aliphatic rings. The SMILES string of the molecule is COc1cc(N)ccc1C(=O)N(C)CC(C)(C)C. The molecule has 100 valence electrons. The summed E-state index contributed by atoms with van der Waals surface area (Å²) in [5.74, 6) is 0.461. The van der Waals surface area contributed by atoms with Crippen LogP contribution in [0.4, 0.5) is 5.69 Å². The van der Waals surface area contributed by atoms with E-state index in [4.69, 9.17) is 10.5 Å². The Labute approximate surface area is 109 Å². The van der Waals surface area contributed by atoms with Crippen molar-refractivity contribution in [3.8, 4) is 5.75 Å². The molecular weight excluding hydrogens is 228 g/mol. The highest BCUT2D eigenvalue weighted by Gasteiger charge is 2.21. The minimum absolute atomic E-state index is 0.0539. The first-order chi connectivity index (χ1) is 8.24. The maximum absolute atomic E-state index is 12.3. The van der Waals surface area contributed by atoms with Crippen LogP contribution in [-0.2, 0) is 0 Å². The molecule has 1 aromatic rings. The van der Waals surface area contributed by atoms with Gasteiger partial charge >= 0.3 is 0 Å². The number of nitrogens with zero attached hydrogens (tertiary/aromatic N) is 1. The van der Waals surface area contributed by atoms with Gasteiger partial charge in [-0.25, -0.2) is 0 Å². The first kappa shape index (κ1) is 14.4. The van der Waals surface area contributed by atoms with E-state index in [9.17, 15) is 4.79 Å². The van der Waals surface area contributed by atoms with Crippen LogP contribution in [0, 0.1) is 5.41 Å². The van der Waals surface area contributed by atoms with Gasteiger partial charge in [0.25, 0.3) is 5.91 Å². The fraction of sp³-hybridized carbons (Fsp3) is 0.500. The van der Waals surface area contributed by atoms with Gasteiger partial charge < -0.3 is 15.4 Å². The Morgan fingerprint density at radius 1 is 1.39 bits per heavy atom. The van der Waals surface area contributed by atoms with E-state index in [0.717, 1.165) is 0 Å². The number of carbonyl (C=O) groups is 1. The lowest BCUT2D eigenvalue weighted by molar-refractivity contribution is 0.0742. The molecule has 0 spiro atoms. The summed E-state index contributed by atoms with van der Waals surface area (Å²) in [5.41, 5.74) is 6.86. The van der Waals surface area contributed by atoms with Gasteiger partial charge in [0.15, 0.2) is 0 Å². The lowest BCUT2D eigenvalue weighted by Gasteiger charge is -2.27. The van der Waals surface area contributed by atoms with Gasteiger partial charge in [-0.2, -0.15) is 0 Å².